The van der Waals surface area contributed by atoms with Crippen LogP contribution in [-0.4, -0.2) is 113 Å². The van der Waals surface area contributed by atoms with Gasteiger partial charge in [0.05, 0.1) is 0 Å². The van der Waals surface area contributed by atoms with E-state index in [4.69, 9.17) is 68.0 Å². The van der Waals surface area contributed by atoms with Crippen LogP contribution in [0.3, 0.4) is 0 Å². The van der Waals surface area contributed by atoms with Crippen LogP contribution in [0.4, 0.5) is 0 Å². The lowest BCUT2D eigenvalue weighted by Crippen LogP contribution is -2.47. The molecule has 4 N–H and O–H groups in total. The minimum Gasteiger partial charge on any atom is -0.449 e. The van der Waals surface area contributed by atoms with Crippen LogP contribution in [-0.2, 0) is 8.23 Å². The molecular formula is C104H120N16O2Si4. The zero-order valence-electron chi connectivity index (χ0n) is 75.6. The predicted molar refractivity (Wildman–Crippen MR) is 536 cm³/mol. The Bertz CT molecular complexity index is 5660. The maximum Gasteiger partial charge on any atom is 0.201 e. The Morgan fingerprint density at radius 1 is 0.214 bits per heavy atom. The van der Waals surface area contributed by atoms with Gasteiger partial charge in [-0.05, 0) is 104 Å². The van der Waals surface area contributed by atoms with E-state index >= 15 is 0 Å². The van der Waals surface area contributed by atoms with E-state index in [1.807, 2.05) is 194 Å². The first kappa shape index (κ1) is 89.1. The number of hydrogen-bond acceptors (Lipinski definition) is 14. The van der Waals surface area contributed by atoms with E-state index in [9.17, 15) is 0 Å². The largest absolute Gasteiger partial charge is 0.449 e. The minimum absolute atomic E-state index is 0.597. The molecule has 4 aliphatic heterocycles. The van der Waals surface area contributed by atoms with Gasteiger partial charge >= 0.3 is 0 Å². The molecule has 0 saturated carbocycles. The fourth-order valence-electron chi connectivity index (χ4n) is 17.0. The number of rotatable bonds is 28. The lowest BCUT2D eigenvalue weighted by atomic mass is 10.1. The third kappa shape index (κ3) is 19.9. The molecule has 0 spiro atoms. The number of nitrogens with zero attached hydrogens (tertiary/aromatic N) is 12. The molecule has 0 saturated heterocycles. The highest BCUT2D eigenvalue weighted by molar-refractivity contribution is 6.92. The highest BCUT2D eigenvalue weighted by atomic mass is 28.4. The Kier molecular flexibility index (Phi) is 27.9. The molecule has 126 heavy (non-hydrogen) atoms. The van der Waals surface area contributed by atoms with Crippen LogP contribution in [0.25, 0.3) is 179 Å². The standard InChI is InChI=1S/2C32H18N8.2C20H42OSi2/c2*1-2-10-18-17(9-1)25-33-26(18)38-28-21-13-5-6-14-22(21)30(35-28)40-32-24-16-8-7-15-23(24)31(36-32)39-29-20-12-4-3-11-19(20)27(34-29)37-25;2*1-9-11-13-15-17-19(3)22(5,6)21-23(7,8)20(4)18-16-14-12-10-2/h2*1-16H,(H2,33,34,35,36,37,38,39,40);2*3-4,9-18H2,1-2,5-8H3. The molecule has 0 aliphatic carbocycles. The Hall–Kier alpha value is -11.8. The molecule has 18 nitrogen and oxygen atoms in total. The minimum atomic E-state index is -1.81. The van der Waals surface area contributed by atoms with Gasteiger partial charge in [0.15, 0.2) is 46.6 Å². The number of benzene rings is 8. The van der Waals surface area contributed by atoms with Crippen molar-refractivity contribution in [1.29, 1.82) is 0 Å². The molecule has 18 rings (SSSR count). The van der Waals surface area contributed by atoms with Crippen molar-refractivity contribution in [3.05, 3.63) is 241 Å². The number of hydrogen-bond donors (Lipinski definition) is 4. The fourth-order valence-corrected chi connectivity index (χ4v) is 32.6. The van der Waals surface area contributed by atoms with E-state index in [1.54, 1.807) is 0 Å². The first-order valence-electron chi connectivity index (χ1n) is 45.5. The summed E-state index contributed by atoms with van der Waals surface area (Å²) < 4.78 is 13.5. The first-order chi connectivity index (χ1) is 60.9. The average Bonchev–Trinajstić information content (AvgIpc) is 1.59. The smallest absolute Gasteiger partial charge is 0.201 e. The lowest BCUT2D eigenvalue weighted by Gasteiger charge is -2.36. The van der Waals surface area contributed by atoms with Crippen LogP contribution in [0, 0.1) is 0 Å². The molecule has 14 aromatic rings. The summed E-state index contributed by atoms with van der Waals surface area (Å²) in [4.78, 5) is 73.5. The zero-order chi connectivity index (χ0) is 88.3. The van der Waals surface area contributed by atoms with Crippen LogP contribution in [0.1, 0.15) is 156 Å². The molecule has 0 fully saturated rings. The van der Waals surface area contributed by atoms with E-state index in [0.717, 1.165) is 113 Å². The maximum atomic E-state index is 6.74. The number of aromatic nitrogens is 16. The van der Waals surface area contributed by atoms with Crippen LogP contribution >= 0.6 is 0 Å². The number of allylic oxidation sites excluding steroid dienone is 4. The van der Waals surface area contributed by atoms with Crippen LogP contribution < -0.4 is 0 Å². The summed E-state index contributed by atoms with van der Waals surface area (Å²) in [6.07, 6.45) is 25.5. The van der Waals surface area contributed by atoms with Gasteiger partial charge in [-0.2, -0.15) is 0 Å². The Balaban J connectivity index is 0.000000135. The second-order valence-electron chi connectivity index (χ2n) is 35.5. The van der Waals surface area contributed by atoms with Gasteiger partial charge in [-0.15, -0.1) is 26.3 Å². The second-order valence-corrected chi connectivity index (χ2v) is 52.0. The van der Waals surface area contributed by atoms with Gasteiger partial charge in [-0.1, -0.05) is 320 Å². The molecule has 0 amide bonds. The average molecular weight is 1740 g/mol. The summed E-state index contributed by atoms with van der Waals surface area (Å²) in [6, 6.07) is 64.5. The van der Waals surface area contributed by atoms with Crippen molar-refractivity contribution in [2.75, 3.05) is 0 Å². The summed E-state index contributed by atoms with van der Waals surface area (Å²) in [6.45, 7) is 45.2. The molecule has 6 aromatic heterocycles. The van der Waals surface area contributed by atoms with Crippen molar-refractivity contribution >= 4 is 122 Å². The van der Waals surface area contributed by atoms with E-state index in [2.05, 4.69) is 126 Å². The van der Waals surface area contributed by atoms with Gasteiger partial charge in [0.2, 0.25) is 33.3 Å². The molecule has 644 valence electrons. The molecule has 16 bridgehead atoms. The van der Waals surface area contributed by atoms with Gasteiger partial charge in [0, 0.05) is 87.6 Å². The molecule has 22 heteroatoms. The van der Waals surface area contributed by atoms with Crippen molar-refractivity contribution in [3.8, 4) is 91.1 Å². The summed E-state index contributed by atoms with van der Waals surface area (Å²) in [7, 11) is -7.25. The fraction of sp³-hybridized carbons (Fsp3) is 0.308. The highest BCUT2D eigenvalue weighted by Gasteiger charge is 2.39. The lowest BCUT2D eigenvalue weighted by molar-refractivity contribution is 0.549. The molecule has 0 unspecified atom stereocenters. The number of H-pyrrole nitrogens is 4. The summed E-state index contributed by atoms with van der Waals surface area (Å²) in [5.74, 6) is 4.78. The summed E-state index contributed by atoms with van der Waals surface area (Å²) in [5.41, 5.74) is 12.9. The van der Waals surface area contributed by atoms with Crippen molar-refractivity contribution in [3.63, 3.8) is 0 Å². The molecule has 10 heterocycles. The zero-order valence-corrected chi connectivity index (χ0v) is 79.6. The molecule has 8 aromatic carbocycles. The van der Waals surface area contributed by atoms with Gasteiger partial charge in [0.1, 0.15) is 45.2 Å². The third-order valence-electron chi connectivity index (χ3n) is 24.7. The summed E-state index contributed by atoms with van der Waals surface area (Å²) >= 11 is 0. The van der Waals surface area contributed by atoms with Crippen molar-refractivity contribution < 1.29 is 8.23 Å². The van der Waals surface area contributed by atoms with Crippen LogP contribution in [0.2, 0.25) is 52.4 Å². The van der Waals surface area contributed by atoms with Gasteiger partial charge < -0.3 is 28.2 Å². The van der Waals surface area contributed by atoms with E-state index in [1.165, 1.54) is 124 Å². The topological polar surface area (TPSA) is 236 Å². The molecule has 0 atom stereocenters. The first-order valence-corrected chi connectivity index (χ1v) is 57.1. The van der Waals surface area contributed by atoms with E-state index < -0.39 is 33.3 Å². The van der Waals surface area contributed by atoms with E-state index in [0.29, 0.717) is 91.8 Å². The van der Waals surface area contributed by atoms with Crippen LogP contribution in [0.15, 0.2) is 241 Å². The molecule has 4 aliphatic rings. The van der Waals surface area contributed by atoms with E-state index in [-0.39, 0.29) is 0 Å². The number of fused-ring (bicyclic) bond motifs is 40. The monoisotopic (exact) mass is 1740 g/mol. The van der Waals surface area contributed by atoms with Gasteiger partial charge in [-0.3, -0.25) is 0 Å². The number of aromatic amines is 4. The predicted octanol–water partition coefficient (Wildman–Crippen LogP) is 28.8. The third-order valence-corrected chi connectivity index (χ3v) is 40.7. The number of nitrogens with one attached hydrogen (secondary N) is 4. The highest BCUT2D eigenvalue weighted by Crippen LogP contribution is 2.42. The number of unbranched alkanes of at least 4 members (excludes halogenated alkanes) is 12. The quantitative estimate of drug-likeness (QED) is 0.0264. The van der Waals surface area contributed by atoms with Gasteiger partial charge in [-0.25, -0.2) is 59.8 Å². The normalized spacial score (nSPS) is 12.2. The SMILES string of the molecule is C=C(CCCCCC)[Si](C)(C)O[Si](C)(C)C(=C)CCCCCC.C=C(CCCCCC)[Si](C)(C)O[Si](C)(C)C(=C)CCCCCC.c1ccc2c(c1)-c1nc-2nc2[nH]c(nc3nc(nc4[nH]c(n1)c1ccccc41)-c1ccccc1-3)c1ccccc21.c1ccc2c(c1)-c1nc-2nc2[nH]c(nc3nc(nc4[nH]c(n1)c1ccccc41)-c1ccccc1-3)c1ccccc21. The second kappa shape index (κ2) is 39.4. The summed E-state index contributed by atoms with van der Waals surface area (Å²) in [5, 5.41) is 13.2. The maximum absolute atomic E-state index is 6.74. The molecule has 0 radical (unpaired) electrons. The van der Waals surface area contributed by atoms with Crippen LogP contribution in [0.5, 0.6) is 0 Å². The molecular weight excluding hydrogens is 1620 g/mol. The van der Waals surface area contributed by atoms with Gasteiger partial charge in [0.25, 0.3) is 0 Å². The Labute approximate surface area is 745 Å². The Morgan fingerprint density at radius 2 is 0.357 bits per heavy atom. The van der Waals surface area contributed by atoms with Crippen molar-refractivity contribution in [2.45, 2.75) is 208 Å². The van der Waals surface area contributed by atoms with Crippen molar-refractivity contribution in [2.24, 2.45) is 0 Å². The Morgan fingerprint density at radius 3 is 0.500 bits per heavy atom. The van der Waals surface area contributed by atoms with Crippen molar-refractivity contribution in [1.82, 2.24) is 79.7 Å².